The lowest BCUT2D eigenvalue weighted by atomic mass is 10.0. The normalized spacial score (nSPS) is 12.7. The fourth-order valence-corrected chi connectivity index (χ4v) is 4.62. The van der Waals surface area contributed by atoms with Crippen molar-refractivity contribution in [3.8, 4) is 0 Å². The smallest absolute Gasteiger partial charge is 0.244 e. The largest absolute Gasteiger partial charge is 0.351 e. The second kappa shape index (κ2) is 8.57. The van der Waals surface area contributed by atoms with E-state index in [9.17, 15) is 13.2 Å². The van der Waals surface area contributed by atoms with Gasteiger partial charge in [-0.25, -0.2) is 8.42 Å². The Bertz CT molecular complexity index is 904. The monoisotopic (exact) mass is 413 g/mol. The quantitative estimate of drug-likeness (QED) is 0.633. The van der Waals surface area contributed by atoms with Gasteiger partial charge in [-0.2, -0.15) is 4.31 Å². The van der Waals surface area contributed by atoms with Gasteiger partial charge in [-0.05, 0) is 32.4 Å². The molecule has 1 amide bonds. The molecule has 150 valence electrons. The first-order chi connectivity index (χ1) is 12.6. The summed E-state index contributed by atoms with van der Waals surface area (Å²) < 4.78 is 28.5. The second-order valence-electron chi connectivity index (χ2n) is 6.74. The summed E-state index contributed by atoms with van der Waals surface area (Å²) in [6, 6.07) is 3.15. The highest BCUT2D eigenvalue weighted by atomic mass is 32.2. The first-order valence-corrected chi connectivity index (χ1v) is 11.4. The number of hydrogen-bond donors (Lipinski definition) is 1. The van der Waals surface area contributed by atoms with Crippen LogP contribution in [-0.2, 0) is 14.8 Å². The van der Waals surface area contributed by atoms with Crippen LogP contribution < -0.4 is 5.32 Å². The molecule has 2 aromatic rings. The third kappa shape index (κ3) is 4.99. The van der Waals surface area contributed by atoms with Gasteiger partial charge < -0.3 is 5.32 Å². The Morgan fingerprint density at radius 1 is 1.22 bits per heavy atom. The van der Waals surface area contributed by atoms with Crippen molar-refractivity contribution in [1.29, 1.82) is 0 Å². The van der Waals surface area contributed by atoms with Crippen LogP contribution in [0.5, 0.6) is 0 Å². The minimum absolute atomic E-state index is 0.101. The third-order valence-electron chi connectivity index (χ3n) is 4.38. The first-order valence-electron chi connectivity index (χ1n) is 8.93. The van der Waals surface area contributed by atoms with E-state index < -0.39 is 10.0 Å². The summed E-state index contributed by atoms with van der Waals surface area (Å²) in [6.45, 7) is 10.3. The van der Waals surface area contributed by atoms with E-state index >= 15 is 0 Å². The lowest BCUT2D eigenvalue weighted by Crippen LogP contribution is -2.43. The van der Waals surface area contributed by atoms with E-state index in [1.165, 1.54) is 28.3 Å². The van der Waals surface area contributed by atoms with Crippen LogP contribution in [0.3, 0.4) is 0 Å². The molecule has 8 nitrogen and oxygen atoms in total. The molecule has 2 aromatic heterocycles. The molecule has 0 aliphatic rings. The second-order valence-corrected chi connectivity index (χ2v) is 9.62. The van der Waals surface area contributed by atoms with Gasteiger partial charge in [0, 0.05) is 24.8 Å². The predicted octanol–water partition coefficient (Wildman–Crippen LogP) is 2.16. The molecule has 10 heteroatoms. The number of amides is 1. The Kier molecular flexibility index (Phi) is 6.87. The van der Waals surface area contributed by atoms with Crippen molar-refractivity contribution in [2.24, 2.45) is 0 Å². The lowest BCUT2D eigenvalue weighted by molar-refractivity contribution is -0.120. The number of carbonyl (C=O) groups is 1. The molecule has 0 aromatic carbocycles. The first kappa shape index (κ1) is 21.6. The van der Waals surface area contributed by atoms with E-state index in [0.29, 0.717) is 23.9 Å². The zero-order valence-corrected chi connectivity index (χ0v) is 18.0. The molecule has 1 N–H and O–H groups in total. The molecule has 0 aliphatic carbocycles. The molecule has 0 atom stereocenters. The Hall–Kier alpha value is -1.65. The molecule has 0 radical (unpaired) electrons. The van der Waals surface area contributed by atoms with Gasteiger partial charge in [-0.1, -0.05) is 32.5 Å². The van der Waals surface area contributed by atoms with Crippen molar-refractivity contribution < 1.29 is 13.2 Å². The van der Waals surface area contributed by atoms with Gasteiger partial charge in [0.25, 0.3) is 0 Å². The van der Waals surface area contributed by atoms with Crippen molar-refractivity contribution in [3.63, 3.8) is 0 Å². The molecule has 0 fully saturated rings. The topological polar surface area (TPSA) is 96.7 Å². The Labute approximate surface area is 164 Å². The van der Waals surface area contributed by atoms with Crippen LogP contribution in [0.4, 0.5) is 0 Å². The Balaban J connectivity index is 2.24. The predicted molar refractivity (Wildman–Crippen MR) is 106 cm³/mol. The maximum absolute atomic E-state index is 12.7. The fraction of sp³-hybridized carbons (Fsp3) is 0.588. The van der Waals surface area contributed by atoms with Crippen molar-refractivity contribution in [2.75, 3.05) is 18.8 Å². The van der Waals surface area contributed by atoms with Crippen molar-refractivity contribution in [1.82, 2.24) is 24.2 Å². The maximum Gasteiger partial charge on any atom is 0.244 e. The number of fused-ring (bicyclic) bond motifs is 1. The molecule has 0 saturated heterocycles. The molecule has 2 heterocycles. The molecule has 27 heavy (non-hydrogen) atoms. The van der Waals surface area contributed by atoms with Gasteiger partial charge in [-0.3, -0.25) is 9.20 Å². The third-order valence-corrected chi connectivity index (χ3v) is 7.36. The van der Waals surface area contributed by atoms with E-state index in [0.717, 1.165) is 6.42 Å². The minimum Gasteiger partial charge on any atom is -0.351 e. The van der Waals surface area contributed by atoms with Crippen LogP contribution in [0.2, 0.25) is 0 Å². The minimum atomic E-state index is -3.58. The average molecular weight is 414 g/mol. The zero-order valence-electron chi connectivity index (χ0n) is 16.4. The van der Waals surface area contributed by atoms with Gasteiger partial charge in [0.05, 0.1) is 10.6 Å². The number of nitrogens with one attached hydrogen (secondary N) is 1. The summed E-state index contributed by atoms with van der Waals surface area (Å²) in [7, 11) is -3.58. The van der Waals surface area contributed by atoms with Crippen LogP contribution >= 0.6 is 11.8 Å². The van der Waals surface area contributed by atoms with E-state index in [1.54, 1.807) is 24.3 Å². The summed E-state index contributed by atoms with van der Waals surface area (Å²) in [5.41, 5.74) is 0.264. The number of thioether (sulfide) groups is 1. The van der Waals surface area contributed by atoms with Crippen molar-refractivity contribution in [2.45, 2.75) is 56.6 Å². The van der Waals surface area contributed by atoms with Crippen LogP contribution in [-0.4, -0.2) is 57.6 Å². The summed E-state index contributed by atoms with van der Waals surface area (Å²) in [5, 5.41) is 11.6. The summed E-state index contributed by atoms with van der Waals surface area (Å²) in [6.07, 6.45) is 2.34. The van der Waals surface area contributed by atoms with E-state index in [-0.39, 0.29) is 22.1 Å². The molecule has 0 bridgehead atoms. The number of nitrogens with zero attached hydrogens (tertiary/aromatic N) is 4. The van der Waals surface area contributed by atoms with E-state index in [4.69, 9.17) is 0 Å². The number of aromatic nitrogens is 3. The van der Waals surface area contributed by atoms with Crippen LogP contribution in [0.25, 0.3) is 5.65 Å². The van der Waals surface area contributed by atoms with Gasteiger partial charge >= 0.3 is 0 Å². The number of carbonyl (C=O) groups excluding carboxylic acids is 1. The number of pyridine rings is 1. The SMILES string of the molecule is CCN(CC)S(=O)(=O)c1ccc2nnc(SCC(=O)NC(C)(C)CC)n2c1. The van der Waals surface area contributed by atoms with Crippen LogP contribution in [0, 0.1) is 0 Å². The van der Waals surface area contributed by atoms with Crippen molar-refractivity contribution >= 4 is 33.3 Å². The molecule has 0 aliphatic heterocycles. The zero-order chi connectivity index (χ0) is 20.2. The molecule has 2 rings (SSSR count). The molecule has 0 spiro atoms. The van der Waals surface area contributed by atoms with Crippen LogP contribution in [0.1, 0.15) is 41.0 Å². The Morgan fingerprint density at radius 3 is 2.48 bits per heavy atom. The molecular formula is C17H27N5O3S2. The highest BCUT2D eigenvalue weighted by molar-refractivity contribution is 7.99. The number of hydrogen-bond acceptors (Lipinski definition) is 6. The van der Waals surface area contributed by atoms with Gasteiger partial charge in [0.1, 0.15) is 0 Å². The average Bonchev–Trinajstić information content (AvgIpc) is 3.02. The summed E-state index contributed by atoms with van der Waals surface area (Å²) >= 11 is 1.22. The lowest BCUT2D eigenvalue weighted by Gasteiger charge is -2.24. The highest BCUT2D eigenvalue weighted by Crippen LogP contribution is 2.21. The molecule has 0 unspecified atom stereocenters. The fourth-order valence-electron chi connectivity index (χ4n) is 2.45. The van der Waals surface area contributed by atoms with E-state index in [2.05, 4.69) is 15.5 Å². The number of rotatable bonds is 9. The maximum atomic E-state index is 12.7. The number of sulfonamides is 1. The summed E-state index contributed by atoms with van der Waals surface area (Å²) in [4.78, 5) is 12.3. The van der Waals surface area contributed by atoms with Crippen LogP contribution in [0.15, 0.2) is 28.4 Å². The van der Waals surface area contributed by atoms with Gasteiger partial charge in [0.2, 0.25) is 15.9 Å². The molecule has 0 saturated carbocycles. The van der Waals surface area contributed by atoms with Gasteiger partial charge in [-0.15, -0.1) is 10.2 Å². The highest BCUT2D eigenvalue weighted by Gasteiger charge is 2.23. The van der Waals surface area contributed by atoms with Crippen molar-refractivity contribution in [3.05, 3.63) is 18.3 Å². The molecular weight excluding hydrogens is 386 g/mol. The summed E-state index contributed by atoms with van der Waals surface area (Å²) in [5.74, 6) is 0.0765. The Morgan fingerprint density at radius 2 is 1.89 bits per heavy atom. The standard InChI is InChI=1S/C17H27N5O3S2/c1-6-17(4,5)18-15(23)12-26-16-20-19-14-10-9-13(11-22(14)16)27(24,25)21(7-2)8-3/h9-11H,6-8,12H2,1-5H3,(H,18,23). The van der Waals surface area contributed by atoms with Gasteiger partial charge in [0.15, 0.2) is 10.8 Å². The van der Waals surface area contributed by atoms with E-state index in [1.807, 2.05) is 20.8 Å².